The van der Waals surface area contributed by atoms with E-state index in [-0.39, 0.29) is 5.91 Å². The number of hydrogen-bond donors (Lipinski definition) is 1. The zero-order chi connectivity index (χ0) is 18.6. The number of carbonyl (C=O) groups is 1. The number of para-hydroxylation sites is 1. The predicted molar refractivity (Wildman–Crippen MR) is 109 cm³/mol. The highest BCUT2D eigenvalue weighted by Gasteiger charge is 2.16. The molecule has 0 aliphatic heterocycles. The van der Waals surface area contributed by atoms with Crippen LogP contribution in [-0.4, -0.2) is 22.2 Å². The Bertz CT molecular complexity index is 1150. The number of benzene rings is 2. The lowest BCUT2D eigenvalue weighted by molar-refractivity contribution is 0.0963. The molecule has 0 saturated heterocycles. The second-order valence-electron chi connectivity index (χ2n) is 6.01. The van der Waals surface area contributed by atoms with Crippen molar-refractivity contribution in [2.24, 2.45) is 0 Å². The molecular formula is C22H17N3OS. The molecular weight excluding hydrogens is 354 g/mol. The topological polar surface area (TPSA) is 46.9 Å². The van der Waals surface area contributed by atoms with Gasteiger partial charge in [0.2, 0.25) is 0 Å². The van der Waals surface area contributed by atoms with Crippen LogP contribution in [0.15, 0.2) is 66.7 Å². The molecule has 0 aliphatic rings. The Morgan fingerprint density at radius 3 is 2.56 bits per heavy atom. The number of carbonyl (C=O) groups excluding carboxylic acids is 1. The molecule has 132 valence electrons. The van der Waals surface area contributed by atoms with Crippen molar-refractivity contribution in [1.82, 2.24) is 15.1 Å². The maximum absolute atomic E-state index is 12.5. The van der Waals surface area contributed by atoms with Gasteiger partial charge in [0, 0.05) is 10.9 Å². The van der Waals surface area contributed by atoms with Crippen molar-refractivity contribution in [3.8, 4) is 17.5 Å². The molecule has 4 rings (SSSR count). The smallest absolute Gasteiger partial charge is 0.262 e. The minimum Gasteiger partial charge on any atom is -0.340 e. The number of fused-ring (bicyclic) bond motifs is 1. The summed E-state index contributed by atoms with van der Waals surface area (Å²) < 4.78 is 1.89. The first-order chi connectivity index (χ1) is 13.2. The van der Waals surface area contributed by atoms with Gasteiger partial charge in [-0.2, -0.15) is 5.10 Å². The third-order valence-electron chi connectivity index (χ3n) is 4.11. The summed E-state index contributed by atoms with van der Waals surface area (Å²) in [6.07, 6.45) is 0. The van der Waals surface area contributed by atoms with E-state index in [4.69, 9.17) is 0 Å². The van der Waals surface area contributed by atoms with E-state index in [0.29, 0.717) is 11.4 Å². The van der Waals surface area contributed by atoms with E-state index in [2.05, 4.69) is 22.3 Å². The molecule has 2 aromatic heterocycles. The molecule has 4 nitrogen and oxygen atoms in total. The van der Waals surface area contributed by atoms with Crippen LogP contribution >= 0.6 is 11.3 Å². The van der Waals surface area contributed by atoms with Crippen LogP contribution in [0.3, 0.4) is 0 Å². The summed E-state index contributed by atoms with van der Waals surface area (Å²) in [5, 5.41) is 8.47. The van der Waals surface area contributed by atoms with Crippen molar-refractivity contribution in [3.05, 3.63) is 82.9 Å². The van der Waals surface area contributed by atoms with E-state index < -0.39 is 0 Å². The molecule has 2 aromatic carbocycles. The minimum absolute atomic E-state index is 0.113. The van der Waals surface area contributed by atoms with Gasteiger partial charge < -0.3 is 5.32 Å². The second-order valence-corrected chi connectivity index (χ2v) is 7.04. The highest BCUT2D eigenvalue weighted by Crippen LogP contribution is 2.30. The van der Waals surface area contributed by atoms with Crippen molar-refractivity contribution in [3.63, 3.8) is 0 Å². The van der Waals surface area contributed by atoms with Crippen molar-refractivity contribution in [2.75, 3.05) is 6.54 Å². The van der Waals surface area contributed by atoms with Gasteiger partial charge in [0.05, 0.1) is 22.8 Å². The quantitative estimate of drug-likeness (QED) is 0.549. The van der Waals surface area contributed by atoms with Crippen LogP contribution in [0.4, 0.5) is 0 Å². The molecule has 0 unspecified atom stereocenters. The maximum Gasteiger partial charge on any atom is 0.262 e. The average molecular weight is 371 g/mol. The molecule has 1 amide bonds. The molecule has 2 heterocycles. The summed E-state index contributed by atoms with van der Waals surface area (Å²) >= 11 is 1.44. The van der Waals surface area contributed by atoms with E-state index in [9.17, 15) is 4.79 Å². The normalized spacial score (nSPS) is 10.4. The minimum atomic E-state index is -0.113. The zero-order valence-corrected chi connectivity index (χ0v) is 15.6. The van der Waals surface area contributed by atoms with Crippen LogP contribution in [0, 0.1) is 18.8 Å². The van der Waals surface area contributed by atoms with Crippen LogP contribution in [0.1, 0.15) is 20.9 Å². The van der Waals surface area contributed by atoms with Crippen molar-refractivity contribution >= 4 is 27.5 Å². The summed E-state index contributed by atoms with van der Waals surface area (Å²) in [6.45, 7) is 2.27. The monoisotopic (exact) mass is 371 g/mol. The van der Waals surface area contributed by atoms with Crippen LogP contribution < -0.4 is 5.32 Å². The number of amides is 1. The van der Waals surface area contributed by atoms with Gasteiger partial charge in [-0.3, -0.25) is 4.79 Å². The first kappa shape index (κ1) is 17.1. The molecule has 0 atom stereocenters. The fourth-order valence-corrected chi connectivity index (χ4v) is 3.88. The van der Waals surface area contributed by atoms with Crippen molar-refractivity contribution in [1.29, 1.82) is 0 Å². The lowest BCUT2D eigenvalue weighted by Crippen LogP contribution is -2.22. The van der Waals surface area contributed by atoms with Gasteiger partial charge in [0.1, 0.15) is 4.83 Å². The Balaban J connectivity index is 1.52. The van der Waals surface area contributed by atoms with Gasteiger partial charge >= 0.3 is 0 Å². The number of thiophene rings is 1. The third-order valence-corrected chi connectivity index (χ3v) is 5.22. The molecule has 5 heteroatoms. The first-order valence-electron chi connectivity index (χ1n) is 8.59. The largest absolute Gasteiger partial charge is 0.340 e. The van der Waals surface area contributed by atoms with E-state index in [1.165, 1.54) is 11.3 Å². The highest BCUT2D eigenvalue weighted by molar-refractivity contribution is 7.20. The van der Waals surface area contributed by atoms with Gasteiger partial charge in [-0.05, 0) is 37.3 Å². The average Bonchev–Trinajstić information content (AvgIpc) is 3.27. The summed E-state index contributed by atoms with van der Waals surface area (Å²) in [6, 6.07) is 21.6. The van der Waals surface area contributed by atoms with Gasteiger partial charge in [-0.15, -0.1) is 11.3 Å². The Morgan fingerprint density at radius 2 is 1.81 bits per heavy atom. The molecule has 0 spiro atoms. The van der Waals surface area contributed by atoms with Crippen LogP contribution in [0.5, 0.6) is 0 Å². The molecule has 0 bridgehead atoms. The van der Waals surface area contributed by atoms with Gasteiger partial charge in [-0.1, -0.05) is 48.2 Å². The van der Waals surface area contributed by atoms with E-state index >= 15 is 0 Å². The maximum atomic E-state index is 12.5. The summed E-state index contributed by atoms with van der Waals surface area (Å²) in [4.78, 5) is 14.1. The fourth-order valence-electron chi connectivity index (χ4n) is 2.78. The molecule has 4 aromatic rings. The van der Waals surface area contributed by atoms with E-state index in [1.807, 2.05) is 78.3 Å². The highest BCUT2D eigenvalue weighted by atomic mass is 32.1. The third kappa shape index (κ3) is 3.62. The van der Waals surface area contributed by atoms with Crippen LogP contribution in [0.2, 0.25) is 0 Å². The standard InChI is InChI=1S/C22H17N3OS/c1-16-19-15-20(21(26)23-14-8-11-17-9-4-2-5-10-17)27-22(19)25(24-16)18-12-6-3-7-13-18/h2-7,9-10,12-13,15H,14H2,1H3,(H,23,26). The molecule has 0 saturated carbocycles. The molecule has 1 N–H and O–H groups in total. The lowest BCUT2D eigenvalue weighted by atomic mass is 10.2. The predicted octanol–water partition coefficient (Wildman–Crippen LogP) is 4.18. The Labute approximate surface area is 161 Å². The summed E-state index contributed by atoms with van der Waals surface area (Å²) in [5.41, 5.74) is 2.83. The van der Waals surface area contributed by atoms with Gasteiger partial charge in [-0.25, -0.2) is 4.68 Å². The fraction of sp³-hybridized carbons (Fsp3) is 0.0909. The van der Waals surface area contributed by atoms with Crippen molar-refractivity contribution in [2.45, 2.75) is 6.92 Å². The van der Waals surface area contributed by atoms with E-state index in [1.54, 1.807) is 0 Å². The number of rotatable bonds is 3. The Hall–Kier alpha value is -3.36. The SMILES string of the molecule is Cc1nn(-c2ccccc2)c2sc(C(=O)NCC#Cc3ccccc3)cc12. The molecule has 0 aliphatic carbocycles. The molecule has 27 heavy (non-hydrogen) atoms. The number of nitrogens with zero attached hydrogens (tertiary/aromatic N) is 2. The zero-order valence-electron chi connectivity index (χ0n) is 14.8. The Morgan fingerprint density at radius 1 is 1.11 bits per heavy atom. The number of hydrogen-bond acceptors (Lipinski definition) is 3. The molecule has 0 fully saturated rings. The first-order valence-corrected chi connectivity index (χ1v) is 9.41. The van der Waals surface area contributed by atoms with Gasteiger partial charge in [0.15, 0.2) is 0 Å². The number of aromatic nitrogens is 2. The van der Waals surface area contributed by atoms with Crippen molar-refractivity contribution < 1.29 is 4.79 Å². The Kier molecular flexibility index (Phi) is 4.73. The summed E-state index contributed by atoms with van der Waals surface area (Å²) in [7, 11) is 0. The van der Waals surface area contributed by atoms with E-state index in [0.717, 1.165) is 27.2 Å². The van der Waals surface area contributed by atoms with Crippen LogP contribution in [-0.2, 0) is 0 Å². The molecule has 0 radical (unpaired) electrons. The summed E-state index contributed by atoms with van der Waals surface area (Å²) in [5.74, 6) is 5.91. The second kappa shape index (κ2) is 7.48. The van der Waals surface area contributed by atoms with Gasteiger partial charge in [0.25, 0.3) is 5.91 Å². The number of aryl methyl sites for hydroxylation is 1. The number of nitrogens with one attached hydrogen (secondary N) is 1. The van der Waals surface area contributed by atoms with Crippen LogP contribution in [0.25, 0.3) is 15.9 Å². The lowest BCUT2D eigenvalue weighted by Gasteiger charge is -2.01.